The first-order valence-electron chi connectivity index (χ1n) is 5.47. The molecule has 0 saturated heterocycles. The molecule has 1 aromatic rings. The fraction of sp³-hybridized carbons (Fsp3) is 0.600. The summed E-state index contributed by atoms with van der Waals surface area (Å²) in [6.45, 7) is 4.32. The summed E-state index contributed by atoms with van der Waals surface area (Å²) in [7, 11) is 1.54. The Kier molecular flexibility index (Phi) is 5.25. The van der Waals surface area contributed by atoms with Crippen LogP contribution in [0.3, 0.4) is 0 Å². The minimum atomic E-state index is -0.579. The fourth-order valence-corrected chi connectivity index (χ4v) is 1.24. The number of hydrogen-bond donors (Lipinski definition) is 1. The maximum Gasteiger partial charge on any atom is 0.372 e. The zero-order chi connectivity index (χ0) is 13.5. The highest BCUT2D eigenvalue weighted by Crippen LogP contribution is 2.30. The van der Waals surface area contributed by atoms with Gasteiger partial charge in [-0.15, -0.1) is 0 Å². The van der Waals surface area contributed by atoms with E-state index >= 15 is 0 Å². The van der Waals surface area contributed by atoms with E-state index in [-0.39, 0.29) is 30.1 Å². The predicted molar refractivity (Wildman–Crippen MR) is 64.8 cm³/mol. The van der Waals surface area contributed by atoms with Gasteiger partial charge in [-0.25, -0.2) is 4.98 Å². The highest BCUT2D eigenvalue weighted by Gasteiger charge is 2.23. The largest absolute Gasteiger partial charge is 0.470 e. The first-order chi connectivity index (χ1) is 8.56. The maximum atomic E-state index is 10.9. The Labute approximate surface area is 104 Å². The third kappa shape index (κ3) is 3.81. The van der Waals surface area contributed by atoms with Crippen molar-refractivity contribution in [1.82, 2.24) is 9.97 Å². The van der Waals surface area contributed by atoms with Crippen LogP contribution in [0.25, 0.3) is 0 Å². The van der Waals surface area contributed by atoms with Gasteiger partial charge >= 0.3 is 5.69 Å². The number of anilines is 1. The average Bonchev–Trinajstić information content (AvgIpc) is 2.33. The Morgan fingerprint density at radius 1 is 1.44 bits per heavy atom. The molecule has 1 N–H and O–H groups in total. The molecule has 0 radical (unpaired) electrons. The van der Waals surface area contributed by atoms with Crippen LogP contribution < -0.4 is 10.1 Å². The van der Waals surface area contributed by atoms with Gasteiger partial charge in [0.25, 0.3) is 5.88 Å². The van der Waals surface area contributed by atoms with Crippen LogP contribution in [0.5, 0.6) is 5.88 Å². The molecule has 0 fully saturated rings. The summed E-state index contributed by atoms with van der Waals surface area (Å²) in [6.07, 6.45) is 1.29. The van der Waals surface area contributed by atoms with Gasteiger partial charge in [-0.2, -0.15) is 4.98 Å². The number of hydrogen-bond acceptors (Lipinski definition) is 7. The third-order valence-corrected chi connectivity index (χ3v) is 1.98. The van der Waals surface area contributed by atoms with E-state index in [4.69, 9.17) is 9.47 Å². The van der Waals surface area contributed by atoms with E-state index in [1.54, 1.807) is 7.05 Å². The molecule has 0 saturated carbocycles. The summed E-state index contributed by atoms with van der Waals surface area (Å²) < 4.78 is 10.5. The first kappa shape index (κ1) is 14.1. The Bertz CT molecular complexity index is 411. The number of nitro groups is 1. The molecule has 1 aromatic heterocycles. The SMILES string of the molecule is CNc1ncnc(OCCOC(C)C)c1[N+](=O)[O-]. The maximum absolute atomic E-state index is 10.9. The van der Waals surface area contributed by atoms with Crippen LogP contribution in [0.1, 0.15) is 13.8 Å². The lowest BCUT2D eigenvalue weighted by molar-refractivity contribution is -0.385. The number of nitrogens with one attached hydrogen (secondary N) is 1. The van der Waals surface area contributed by atoms with Crippen molar-refractivity contribution < 1.29 is 14.4 Å². The molecule has 8 heteroatoms. The summed E-state index contributed by atoms with van der Waals surface area (Å²) >= 11 is 0. The topological polar surface area (TPSA) is 99.4 Å². The lowest BCUT2D eigenvalue weighted by atomic mass is 10.4. The second-order valence-electron chi connectivity index (χ2n) is 3.65. The molecule has 0 atom stereocenters. The quantitative estimate of drug-likeness (QED) is 0.445. The summed E-state index contributed by atoms with van der Waals surface area (Å²) in [5.74, 6) is 0.0569. The molecule has 0 aliphatic carbocycles. The van der Waals surface area contributed by atoms with Crippen molar-refractivity contribution in [2.75, 3.05) is 25.6 Å². The zero-order valence-corrected chi connectivity index (χ0v) is 10.5. The van der Waals surface area contributed by atoms with Crippen molar-refractivity contribution in [3.8, 4) is 5.88 Å². The van der Waals surface area contributed by atoms with E-state index in [1.807, 2.05) is 13.8 Å². The van der Waals surface area contributed by atoms with Gasteiger partial charge in [0.2, 0.25) is 5.82 Å². The molecule has 0 unspecified atom stereocenters. The van der Waals surface area contributed by atoms with E-state index in [2.05, 4.69) is 15.3 Å². The molecule has 0 bridgehead atoms. The molecule has 8 nitrogen and oxygen atoms in total. The number of rotatable bonds is 7. The zero-order valence-electron chi connectivity index (χ0n) is 10.5. The summed E-state index contributed by atoms with van der Waals surface area (Å²) in [5.41, 5.74) is -0.274. The highest BCUT2D eigenvalue weighted by molar-refractivity contribution is 5.60. The lowest BCUT2D eigenvalue weighted by Crippen LogP contribution is -2.13. The minimum absolute atomic E-state index is 0.0632. The van der Waals surface area contributed by atoms with E-state index in [9.17, 15) is 10.1 Å². The van der Waals surface area contributed by atoms with Gasteiger partial charge in [-0.05, 0) is 13.8 Å². The number of aromatic nitrogens is 2. The van der Waals surface area contributed by atoms with E-state index in [1.165, 1.54) is 6.33 Å². The van der Waals surface area contributed by atoms with Gasteiger partial charge in [0.05, 0.1) is 17.6 Å². The Morgan fingerprint density at radius 3 is 2.72 bits per heavy atom. The molecule has 0 aliphatic heterocycles. The molecule has 0 amide bonds. The molecular weight excluding hydrogens is 240 g/mol. The molecule has 1 heterocycles. The van der Waals surface area contributed by atoms with Gasteiger partial charge in [0.1, 0.15) is 12.9 Å². The lowest BCUT2D eigenvalue weighted by Gasteiger charge is -2.09. The van der Waals surface area contributed by atoms with Gasteiger partial charge in [-0.1, -0.05) is 0 Å². The van der Waals surface area contributed by atoms with E-state index < -0.39 is 4.92 Å². The molecular formula is C10H16N4O4. The molecule has 0 spiro atoms. The smallest absolute Gasteiger partial charge is 0.372 e. The molecule has 0 aliphatic rings. The van der Waals surface area contributed by atoms with Crippen LogP contribution in [-0.4, -0.2) is 41.3 Å². The second-order valence-corrected chi connectivity index (χ2v) is 3.65. The monoisotopic (exact) mass is 256 g/mol. The average molecular weight is 256 g/mol. The van der Waals surface area contributed by atoms with Crippen LogP contribution in [0.2, 0.25) is 0 Å². The number of nitrogens with zero attached hydrogens (tertiary/aromatic N) is 3. The normalized spacial score (nSPS) is 10.4. The van der Waals surface area contributed by atoms with Gasteiger partial charge < -0.3 is 14.8 Å². The van der Waals surface area contributed by atoms with Gasteiger partial charge in [0.15, 0.2) is 0 Å². The standard InChI is InChI=1S/C10H16N4O4/c1-7(2)17-4-5-18-10-8(14(15)16)9(11-3)12-6-13-10/h6-7H,4-5H2,1-3H3,(H,11,12,13). The van der Waals surface area contributed by atoms with Crippen LogP contribution in [-0.2, 0) is 4.74 Å². The van der Waals surface area contributed by atoms with Crippen LogP contribution in [0.4, 0.5) is 11.5 Å². The van der Waals surface area contributed by atoms with Crippen LogP contribution in [0.15, 0.2) is 6.33 Å². The molecule has 18 heavy (non-hydrogen) atoms. The van der Waals surface area contributed by atoms with Crippen molar-refractivity contribution in [3.63, 3.8) is 0 Å². The Hall–Kier alpha value is -1.96. The van der Waals surface area contributed by atoms with Crippen molar-refractivity contribution >= 4 is 11.5 Å². The molecule has 0 aromatic carbocycles. The van der Waals surface area contributed by atoms with Gasteiger partial charge in [0, 0.05) is 7.05 Å². The van der Waals surface area contributed by atoms with E-state index in [0.717, 1.165) is 0 Å². The van der Waals surface area contributed by atoms with Crippen molar-refractivity contribution in [3.05, 3.63) is 16.4 Å². The fourth-order valence-electron chi connectivity index (χ4n) is 1.24. The third-order valence-electron chi connectivity index (χ3n) is 1.98. The first-order valence-corrected chi connectivity index (χ1v) is 5.47. The predicted octanol–water partition coefficient (Wildman–Crippen LogP) is 1.23. The highest BCUT2D eigenvalue weighted by atomic mass is 16.6. The summed E-state index contributed by atoms with van der Waals surface area (Å²) in [4.78, 5) is 17.9. The van der Waals surface area contributed by atoms with Crippen LogP contribution >= 0.6 is 0 Å². The van der Waals surface area contributed by atoms with Gasteiger partial charge in [-0.3, -0.25) is 10.1 Å². The Morgan fingerprint density at radius 2 is 2.17 bits per heavy atom. The summed E-state index contributed by atoms with van der Waals surface area (Å²) in [5, 5.41) is 13.5. The van der Waals surface area contributed by atoms with Crippen LogP contribution in [0, 0.1) is 10.1 Å². The van der Waals surface area contributed by atoms with Crippen molar-refractivity contribution in [2.45, 2.75) is 20.0 Å². The second kappa shape index (κ2) is 6.70. The molecule has 1 rings (SSSR count). The molecule has 100 valence electrons. The number of ether oxygens (including phenoxy) is 2. The van der Waals surface area contributed by atoms with Crippen molar-refractivity contribution in [1.29, 1.82) is 0 Å². The van der Waals surface area contributed by atoms with E-state index in [0.29, 0.717) is 6.61 Å². The van der Waals surface area contributed by atoms with Crippen molar-refractivity contribution in [2.24, 2.45) is 0 Å². The summed E-state index contributed by atoms with van der Waals surface area (Å²) in [6, 6.07) is 0. The Balaban J connectivity index is 2.72. The minimum Gasteiger partial charge on any atom is -0.470 e.